The van der Waals surface area contributed by atoms with Gasteiger partial charge in [-0.1, -0.05) is 12.1 Å². The quantitative estimate of drug-likeness (QED) is 0.641. The topological polar surface area (TPSA) is 58.4 Å². The Morgan fingerprint density at radius 1 is 1.50 bits per heavy atom. The van der Waals surface area contributed by atoms with Crippen molar-refractivity contribution in [2.24, 2.45) is 0 Å². The van der Waals surface area contributed by atoms with E-state index in [1.165, 1.54) is 12.8 Å². The average Bonchev–Trinajstić information content (AvgIpc) is 2.91. The van der Waals surface area contributed by atoms with E-state index in [2.05, 4.69) is 24.1 Å². The van der Waals surface area contributed by atoms with Gasteiger partial charge in [-0.3, -0.25) is 15.0 Å². The third-order valence-corrected chi connectivity index (χ3v) is 3.85. The molecule has 5 heteroatoms. The zero-order valence-electron chi connectivity index (χ0n) is 12.2. The summed E-state index contributed by atoms with van der Waals surface area (Å²) in [5.74, 6) is 0. The van der Waals surface area contributed by atoms with E-state index in [4.69, 9.17) is 0 Å². The van der Waals surface area contributed by atoms with E-state index < -0.39 is 0 Å². The van der Waals surface area contributed by atoms with Gasteiger partial charge >= 0.3 is 0 Å². The lowest BCUT2D eigenvalue weighted by Crippen LogP contribution is -2.40. The van der Waals surface area contributed by atoms with Gasteiger partial charge in [0.05, 0.1) is 4.92 Å². The maximum absolute atomic E-state index is 10.8. The number of nitro groups is 1. The molecule has 0 aromatic heterocycles. The Bertz CT molecular complexity index is 456. The summed E-state index contributed by atoms with van der Waals surface area (Å²) in [6.07, 6.45) is 2.46. The fourth-order valence-electron chi connectivity index (χ4n) is 2.66. The van der Waals surface area contributed by atoms with Crippen LogP contribution in [0.25, 0.3) is 0 Å². The van der Waals surface area contributed by atoms with Crippen LogP contribution in [0.3, 0.4) is 0 Å². The maximum Gasteiger partial charge on any atom is 0.269 e. The molecule has 0 radical (unpaired) electrons. The molecule has 0 amide bonds. The smallest absolute Gasteiger partial charge is 0.269 e. The molecular weight excluding hydrogens is 254 g/mol. The van der Waals surface area contributed by atoms with E-state index in [1.54, 1.807) is 18.2 Å². The van der Waals surface area contributed by atoms with Gasteiger partial charge in [0.2, 0.25) is 0 Å². The summed E-state index contributed by atoms with van der Waals surface area (Å²) in [5.41, 5.74) is 1.18. The van der Waals surface area contributed by atoms with Crippen molar-refractivity contribution in [2.75, 3.05) is 13.1 Å². The van der Waals surface area contributed by atoms with Crippen molar-refractivity contribution >= 4 is 5.69 Å². The molecule has 1 N–H and O–H groups in total. The Balaban J connectivity index is 2.03. The molecule has 5 nitrogen and oxygen atoms in total. The van der Waals surface area contributed by atoms with Crippen molar-refractivity contribution in [1.29, 1.82) is 0 Å². The highest BCUT2D eigenvalue weighted by molar-refractivity contribution is 5.34. The van der Waals surface area contributed by atoms with Gasteiger partial charge in [0, 0.05) is 37.3 Å². The molecular formula is C15H23N3O2. The average molecular weight is 277 g/mol. The molecule has 1 fully saturated rings. The summed E-state index contributed by atoms with van der Waals surface area (Å²) in [6.45, 7) is 7.21. The Kier molecular flexibility index (Phi) is 5.09. The predicted molar refractivity (Wildman–Crippen MR) is 79.7 cm³/mol. The molecule has 0 bridgehead atoms. The van der Waals surface area contributed by atoms with Crippen molar-refractivity contribution in [3.63, 3.8) is 0 Å². The van der Waals surface area contributed by atoms with Gasteiger partial charge in [0.1, 0.15) is 0 Å². The van der Waals surface area contributed by atoms with Gasteiger partial charge in [0.25, 0.3) is 5.69 Å². The molecule has 0 aliphatic carbocycles. The van der Waals surface area contributed by atoms with Crippen LogP contribution in [-0.2, 0) is 6.54 Å². The number of benzene rings is 1. The molecule has 1 saturated heterocycles. The second kappa shape index (κ2) is 6.81. The minimum Gasteiger partial charge on any atom is -0.313 e. The number of hydrogen-bond donors (Lipinski definition) is 1. The Morgan fingerprint density at radius 3 is 2.90 bits per heavy atom. The molecule has 0 spiro atoms. The molecule has 1 aliphatic heterocycles. The van der Waals surface area contributed by atoms with Crippen LogP contribution in [0.5, 0.6) is 0 Å². The zero-order chi connectivity index (χ0) is 14.5. The van der Waals surface area contributed by atoms with Crippen LogP contribution >= 0.6 is 0 Å². The van der Waals surface area contributed by atoms with Gasteiger partial charge in [-0.15, -0.1) is 0 Å². The minimum absolute atomic E-state index is 0.171. The SMILES string of the molecule is CC(C)N(Cc1cccc([N+](=O)[O-])c1)CC1CCCN1. The number of rotatable bonds is 6. The number of nitrogens with one attached hydrogen (secondary N) is 1. The third kappa shape index (κ3) is 4.02. The second-order valence-corrected chi connectivity index (χ2v) is 5.74. The van der Waals surface area contributed by atoms with Crippen LogP contribution in [-0.4, -0.2) is 35.0 Å². The highest BCUT2D eigenvalue weighted by Gasteiger charge is 2.20. The van der Waals surface area contributed by atoms with Crippen molar-refractivity contribution in [3.8, 4) is 0 Å². The molecule has 1 unspecified atom stereocenters. The Hall–Kier alpha value is -1.46. The summed E-state index contributed by atoms with van der Waals surface area (Å²) in [4.78, 5) is 12.9. The molecule has 1 aromatic rings. The normalized spacial score (nSPS) is 18.9. The number of nitrogens with zero attached hydrogens (tertiary/aromatic N) is 2. The van der Waals surface area contributed by atoms with Gasteiger partial charge in [0.15, 0.2) is 0 Å². The van der Waals surface area contributed by atoms with Crippen molar-refractivity contribution in [3.05, 3.63) is 39.9 Å². The summed E-state index contributed by atoms with van der Waals surface area (Å²) in [7, 11) is 0. The van der Waals surface area contributed by atoms with Crippen LogP contribution < -0.4 is 5.32 Å². The first-order valence-electron chi connectivity index (χ1n) is 7.27. The van der Waals surface area contributed by atoms with Crippen LogP contribution in [0.4, 0.5) is 5.69 Å². The summed E-state index contributed by atoms with van der Waals surface area (Å²) in [6, 6.07) is 7.93. The van der Waals surface area contributed by atoms with E-state index in [-0.39, 0.29) is 10.6 Å². The number of hydrogen-bond acceptors (Lipinski definition) is 4. The first kappa shape index (κ1) is 14.9. The van der Waals surface area contributed by atoms with E-state index >= 15 is 0 Å². The molecule has 20 heavy (non-hydrogen) atoms. The zero-order valence-corrected chi connectivity index (χ0v) is 12.2. The lowest BCUT2D eigenvalue weighted by atomic mass is 10.1. The number of non-ortho nitro benzene ring substituents is 1. The summed E-state index contributed by atoms with van der Waals surface area (Å²) < 4.78 is 0. The maximum atomic E-state index is 10.8. The molecule has 2 rings (SSSR count). The van der Waals surface area contributed by atoms with Gasteiger partial charge in [-0.05, 0) is 38.8 Å². The van der Waals surface area contributed by atoms with Crippen LogP contribution in [0.2, 0.25) is 0 Å². The monoisotopic (exact) mass is 277 g/mol. The molecule has 0 saturated carbocycles. The molecule has 110 valence electrons. The van der Waals surface area contributed by atoms with Gasteiger partial charge in [-0.2, -0.15) is 0 Å². The highest BCUT2D eigenvalue weighted by Crippen LogP contribution is 2.17. The molecule has 1 aromatic carbocycles. The van der Waals surface area contributed by atoms with Gasteiger partial charge in [-0.25, -0.2) is 0 Å². The lowest BCUT2D eigenvalue weighted by molar-refractivity contribution is -0.384. The summed E-state index contributed by atoms with van der Waals surface area (Å²) >= 11 is 0. The number of nitro benzene ring substituents is 1. The lowest BCUT2D eigenvalue weighted by Gasteiger charge is -2.29. The van der Waals surface area contributed by atoms with E-state index in [9.17, 15) is 10.1 Å². The van der Waals surface area contributed by atoms with E-state index in [0.29, 0.717) is 12.1 Å². The van der Waals surface area contributed by atoms with E-state index in [1.807, 2.05) is 6.07 Å². The highest BCUT2D eigenvalue weighted by atomic mass is 16.6. The first-order valence-corrected chi connectivity index (χ1v) is 7.27. The third-order valence-electron chi connectivity index (χ3n) is 3.85. The largest absolute Gasteiger partial charge is 0.313 e. The van der Waals surface area contributed by atoms with Crippen LogP contribution in [0, 0.1) is 10.1 Å². The predicted octanol–water partition coefficient (Wildman–Crippen LogP) is 2.56. The Labute approximate surface area is 120 Å². The fourth-order valence-corrected chi connectivity index (χ4v) is 2.66. The van der Waals surface area contributed by atoms with Crippen LogP contribution in [0.15, 0.2) is 24.3 Å². The molecule has 1 aliphatic rings. The fraction of sp³-hybridized carbons (Fsp3) is 0.600. The van der Waals surface area contributed by atoms with Crippen LogP contribution in [0.1, 0.15) is 32.3 Å². The van der Waals surface area contributed by atoms with E-state index in [0.717, 1.165) is 25.2 Å². The van der Waals surface area contributed by atoms with Crippen molar-refractivity contribution in [1.82, 2.24) is 10.2 Å². The Morgan fingerprint density at radius 2 is 2.30 bits per heavy atom. The first-order chi connectivity index (χ1) is 9.56. The van der Waals surface area contributed by atoms with Crippen molar-refractivity contribution in [2.45, 2.75) is 45.3 Å². The second-order valence-electron chi connectivity index (χ2n) is 5.74. The minimum atomic E-state index is -0.332. The molecule has 1 atom stereocenters. The standard InChI is InChI=1S/C15H23N3O2/c1-12(2)17(11-14-6-4-8-16-14)10-13-5-3-7-15(9-13)18(19)20/h3,5,7,9,12,14,16H,4,6,8,10-11H2,1-2H3. The molecule has 1 heterocycles. The van der Waals surface area contributed by atoms with Gasteiger partial charge < -0.3 is 5.32 Å². The summed E-state index contributed by atoms with van der Waals surface area (Å²) in [5, 5.41) is 14.3. The van der Waals surface area contributed by atoms with Crippen molar-refractivity contribution < 1.29 is 4.92 Å².